The lowest BCUT2D eigenvalue weighted by molar-refractivity contribution is -0.123. The number of imidazole rings is 1. The highest BCUT2D eigenvalue weighted by atomic mass is 32.1. The molecular formula is C19H27N5O2S. The molecule has 0 saturated carbocycles. The lowest BCUT2D eigenvalue weighted by atomic mass is 9.96. The molecule has 1 fully saturated rings. The first kappa shape index (κ1) is 19.6. The SMILES string of the molecule is Cc1cc(NC(=O)C(C)(C)C)sc1C(=O)N1CCNCC1c1nccn1C. The van der Waals surface area contributed by atoms with Gasteiger partial charge in [0.2, 0.25) is 5.91 Å². The van der Waals surface area contributed by atoms with Gasteiger partial charge in [-0.2, -0.15) is 0 Å². The zero-order chi connectivity index (χ0) is 19.8. The summed E-state index contributed by atoms with van der Waals surface area (Å²) in [5.74, 6) is 0.796. The third kappa shape index (κ3) is 4.06. The van der Waals surface area contributed by atoms with Crippen LogP contribution in [-0.2, 0) is 11.8 Å². The van der Waals surface area contributed by atoms with E-state index in [4.69, 9.17) is 0 Å². The maximum atomic E-state index is 13.3. The van der Waals surface area contributed by atoms with Crippen LogP contribution in [0.1, 0.15) is 47.9 Å². The lowest BCUT2D eigenvalue weighted by Gasteiger charge is -2.35. The van der Waals surface area contributed by atoms with Crippen molar-refractivity contribution in [1.82, 2.24) is 19.8 Å². The minimum atomic E-state index is -0.482. The van der Waals surface area contributed by atoms with Crippen LogP contribution in [-0.4, -0.2) is 45.9 Å². The minimum Gasteiger partial charge on any atom is -0.336 e. The number of anilines is 1. The average Bonchev–Trinajstić information content (AvgIpc) is 3.19. The van der Waals surface area contributed by atoms with E-state index >= 15 is 0 Å². The van der Waals surface area contributed by atoms with E-state index in [1.165, 1.54) is 11.3 Å². The molecule has 7 nitrogen and oxygen atoms in total. The summed E-state index contributed by atoms with van der Waals surface area (Å²) in [5, 5.41) is 6.99. The number of aryl methyl sites for hydroxylation is 2. The van der Waals surface area contributed by atoms with Crippen molar-refractivity contribution in [2.75, 3.05) is 25.0 Å². The van der Waals surface area contributed by atoms with Gasteiger partial charge in [0.1, 0.15) is 11.9 Å². The monoisotopic (exact) mass is 389 g/mol. The number of aromatic nitrogens is 2. The molecule has 146 valence electrons. The van der Waals surface area contributed by atoms with Crippen LogP contribution in [0.4, 0.5) is 5.00 Å². The molecule has 1 aliphatic heterocycles. The topological polar surface area (TPSA) is 79.3 Å². The van der Waals surface area contributed by atoms with Crippen LogP contribution in [0.15, 0.2) is 18.5 Å². The van der Waals surface area contributed by atoms with Crippen molar-refractivity contribution in [2.24, 2.45) is 12.5 Å². The second-order valence-electron chi connectivity index (χ2n) is 7.94. The highest BCUT2D eigenvalue weighted by Crippen LogP contribution is 2.32. The Hall–Kier alpha value is -2.19. The molecule has 0 aliphatic carbocycles. The van der Waals surface area contributed by atoms with Crippen LogP contribution < -0.4 is 10.6 Å². The quantitative estimate of drug-likeness (QED) is 0.846. The Morgan fingerprint density at radius 2 is 2.11 bits per heavy atom. The van der Waals surface area contributed by atoms with Gasteiger partial charge in [-0.05, 0) is 18.6 Å². The number of hydrogen-bond acceptors (Lipinski definition) is 5. The van der Waals surface area contributed by atoms with Gasteiger partial charge in [0.15, 0.2) is 0 Å². The number of hydrogen-bond donors (Lipinski definition) is 2. The molecule has 3 rings (SSSR count). The lowest BCUT2D eigenvalue weighted by Crippen LogP contribution is -2.49. The van der Waals surface area contributed by atoms with Gasteiger partial charge in [0, 0.05) is 44.5 Å². The van der Waals surface area contributed by atoms with E-state index in [1.54, 1.807) is 6.20 Å². The summed E-state index contributed by atoms with van der Waals surface area (Å²) in [6.07, 6.45) is 3.65. The molecule has 3 heterocycles. The number of piperazine rings is 1. The Kier molecular flexibility index (Phi) is 5.39. The second-order valence-corrected chi connectivity index (χ2v) is 8.99. The summed E-state index contributed by atoms with van der Waals surface area (Å²) in [7, 11) is 1.94. The fourth-order valence-electron chi connectivity index (χ4n) is 3.06. The maximum Gasteiger partial charge on any atom is 0.264 e. The fourth-order valence-corrected chi connectivity index (χ4v) is 4.09. The van der Waals surface area contributed by atoms with Crippen LogP contribution in [0.3, 0.4) is 0 Å². The first-order chi connectivity index (χ1) is 12.7. The highest BCUT2D eigenvalue weighted by Gasteiger charge is 2.32. The number of nitrogens with zero attached hydrogens (tertiary/aromatic N) is 3. The van der Waals surface area contributed by atoms with E-state index in [2.05, 4.69) is 15.6 Å². The zero-order valence-corrected chi connectivity index (χ0v) is 17.3. The van der Waals surface area contributed by atoms with Crippen molar-refractivity contribution in [3.05, 3.63) is 34.7 Å². The molecule has 1 aliphatic rings. The average molecular weight is 390 g/mol. The van der Waals surface area contributed by atoms with Crippen LogP contribution in [0.2, 0.25) is 0 Å². The molecule has 2 aromatic rings. The summed E-state index contributed by atoms with van der Waals surface area (Å²) in [6.45, 7) is 9.57. The molecule has 27 heavy (non-hydrogen) atoms. The van der Waals surface area contributed by atoms with Crippen molar-refractivity contribution >= 4 is 28.2 Å². The van der Waals surface area contributed by atoms with Crippen molar-refractivity contribution in [1.29, 1.82) is 0 Å². The Labute approximate surface area is 163 Å². The normalized spacial score (nSPS) is 17.8. The van der Waals surface area contributed by atoms with E-state index in [0.29, 0.717) is 23.0 Å². The van der Waals surface area contributed by atoms with E-state index in [-0.39, 0.29) is 17.9 Å². The summed E-state index contributed by atoms with van der Waals surface area (Å²) in [4.78, 5) is 32.5. The molecule has 2 aromatic heterocycles. The predicted octanol–water partition coefficient (Wildman–Crippen LogP) is 2.56. The molecule has 0 radical (unpaired) electrons. The molecule has 0 bridgehead atoms. The first-order valence-corrected chi connectivity index (χ1v) is 9.91. The summed E-state index contributed by atoms with van der Waals surface area (Å²) in [6, 6.07) is 1.76. The Morgan fingerprint density at radius 3 is 2.74 bits per heavy atom. The number of carbonyl (C=O) groups is 2. The maximum absolute atomic E-state index is 13.3. The first-order valence-electron chi connectivity index (χ1n) is 9.09. The number of amides is 2. The summed E-state index contributed by atoms with van der Waals surface area (Å²) < 4.78 is 1.95. The highest BCUT2D eigenvalue weighted by molar-refractivity contribution is 7.18. The molecule has 1 atom stereocenters. The third-order valence-electron chi connectivity index (χ3n) is 4.69. The van der Waals surface area contributed by atoms with Gasteiger partial charge in [0.05, 0.1) is 9.88 Å². The molecule has 8 heteroatoms. The third-order valence-corrected chi connectivity index (χ3v) is 5.83. The van der Waals surface area contributed by atoms with E-state index in [1.807, 2.05) is 56.5 Å². The Morgan fingerprint density at radius 1 is 1.37 bits per heavy atom. The van der Waals surface area contributed by atoms with Gasteiger partial charge >= 0.3 is 0 Å². The Bertz CT molecular complexity index is 849. The van der Waals surface area contributed by atoms with Crippen LogP contribution in [0.25, 0.3) is 0 Å². The van der Waals surface area contributed by atoms with E-state index < -0.39 is 5.41 Å². The van der Waals surface area contributed by atoms with Gasteiger partial charge in [-0.3, -0.25) is 9.59 Å². The summed E-state index contributed by atoms with van der Waals surface area (Å²) in [5.41, 5.74) is 0.399. The molecule has 2 amide bonds. The second kappa shape index (κ2) is 7.44. The smallest absolute Gasteiger partial charge is 0.264 e. The van der Waals surface area contributed by atoms with Gasteiger partial charge in [0.25, 0.3) is 5.91 Å². The predicted molar refractivity (Wildman–Crippen MR) is 107 cm³/mol. The van der Waals surface area contributed by atoms with Crippen molar-refractivity contribution in [2.45, 2.75) is 33.7 Å². The number of carbonyl (C=O) groups excluding carboxylic acids is 2. The van der Waals surface area contributed by atoms with Crippen LogP contribution in [0.5, 0.6) is 0 Å². The van der Waals surface area contributed by atoms with Gasteiger partial charge in [-0.15, -0.1) is 11.3 Å². The minimum absolute atomic E-state index is 0.0109. The van der Waals surface area contributed by atoms with E-state index in [9.17, 15) is 9.59 Å². The van der Waals surface area contributed by atoms with E-state index in [0.717, 1.165) is 17.9 Å². The number of rotatable bonds is 3. The number of nitrogens with one attached hydrogen (secondary N) is 2. The van der Waals surface area contributed by atoms with Gasteiger partial charge in [-0.1, -0.05) is 20.8 Å². The van der Waals surface area contributed by atoms with Crippen molar-refractivity contribution in [3.8, 4) is 0 Å². The van der Waals surface area contributed by atoms with Crippen LogP contribution in [0, 0.1) is 12.3 Å². The van der Waals surface area contributed by atoms with Crippen LogP contribution >= 0.6 is 11.3 Å². The van der Waals surface area contributed by atoms with Crippen molar-refractivity contribution in [3.63, 3.8) is 0 Å². The molecular weight excluding hydrogens is 362 g/mol. The zero-order valence-electron chi connectivity index (χ0n) is 16.5. The summed E-state index contributed by atoms with van der Waals surface area (Å²) >= 11 is 1.34. The molecule has 2 N–H and O–H groups in total. The Balaban J connectivity index is 1.84. The molecule has 1 saturated heterocycles. The van der Waals surface area contributed by atoms with Gasteiger partial charge in [-0.25, -0.2) is 4.98 Å². The number of thiophene rings is 1. The fraction of sp³-hybridized carbons (Fsp3) is 0.526. The molecule has 0 spiro atoms. The van der Waals surface area contributed by atoms with Crippen molar-refractivity contribution < 1.29 is 9.59 Å². The molecule has 0 aromatic carbocycles. The van der Waals surface area contributed by atoms with Gasteiger partial charge < -0.3 is 20.1 Å². The molecule has 1 unspecified atom stereocenters. The largest absolute Gasteiger partial charge is 0.336 e. The standard InChI is InChI=1S/C19H27N5O2S/c1-12-10-14(22-18(26)19(2,3)4)27-15(12)17(25)24-9-6-20-11-13(24)16-21-7-8-23(16)5/h7-8,10,13,20H,6,9,11H2,1-5H3,(H,22,26).